The Kier molecular flexibility index (Phi) is 2.59. The molecule has 3 nitrogen and oxygen atoms in total. The number of hydrogen-bond donors (Lipinski definition) is 1. The number of aryl methyl sites for hydroxylation is 2. The van der Waals surface area contributed by atoms with E-state index in [9.17, 15) is 0 Å². The van der Waals surface area contributed by atoms with Crippen molar-refractivity contribution in [2.24, 2.45) is 12.5 Å². The van der Waals surface area contributed by atoms with Gasteiger partial charge in [0.05, 0.1) is 6.20 Å². The first-order valence-corrected chi connectivity index (χ1v) is 5.71. The molecule has 0 saturated heterocycles. The van der Waals surface area contributed by atoms with E-state index in [1.54, 1.807) is 0 Å². The van der Waals surface area contributed by atoms with Crippen molar-refractivity contribution < 1.29 is 0 Å². The number of hydrogen-bond acceptors (Lipinski definition) is 2. The minimum atomic E-state index is 0.379. The van der Waals surface area contributed by atoms with Gasteiger partial charge in [-0.2, -0.15) is 5.10 Å². The molecule has 2 rings (SSSR count). The molecular formula is C12H21N3. The van der Waals surface area contributed by atoms with Crippen LogP contribution in [0.2, 0.25) is 0 Å². The molecule has 1 aliphatic rings. The van der Waals surface area contributed by atoms with Crippen LogP contribution in [-0.2, 0) is 13.5 Å². The topological polar surface area (TPSA) is 29.9 Å². The maximum Gasteiger partial charge on any atom is 0.0524 e. The van der Waals surface area contributed by atoms with E-state index in [1.807, 2.05) is 13.2 Å². The highest BCUT2D eigenvalue weighted by Gasteiger charge is 2.37. The zero-order valence-corrected chi connectivity index (χ0v) is 10.2. The fraction of sp³-hybridized carbons (Fsp3) is 0.750. The van der Waals surface area contributed by atoms with Crippen LogP contribution in [0.5, 0.6) is 0 Å². The van der Waals surface area contributed by atoms with Gasteiger partial charge in [0.2, 0.25) is 0 Å². The summed E-state index contributed by atoms with van der Waals surface area (Å²) in [5, 5.41) is 7.70. The van der Waals surface area contributed by atoms with E-state index < -0.39 is 0 Å². The summed E-state index contributed by atoms with van der Waals surface area (Å²) in [5.41, 5.74) is 3.25. The molecule has 0 spiro atoms. The number of rotatable bonds is 2. The fourth-order valence-electron chi connectivity index (χ4n) is 2.71. The van der Waals surface area contributed by atoms with Crippen molar-refractivity contribution >= 4 is 0 Å². The molecule has 84 valence electrons. The second-order valence-electron chi connectivity index (χ2n) is 5.28. The number of nitrogens with zero attached hydrogens (tertiary/aromatic N) is 2. The van der Waals surface area contributed by atoms with Crippen LogP contribution in [0.3, 0.4) is 0 Å². The minimum Gasteiger partial charge on any atom is -0.319 e. The molecule has 1 N–H and O–H groups in total. The summed E-state index contributed by atoms with van der Waals surface area (Å²) in [6, 6.07) is 0. The zero-order valence-electron chi connectivity index (χ0n) is 10.2. The van der Waals surface area contributed by atoms with Gasteiger partial charge in [0, 0.05) is 25.2 Å². The minimum absolute atomic E-state index is 0.379. The van der Waals surface area contributed by atoms with Gasteiger partial charge >= 0.3 is 0 Å². The van der Waals surface area contributed by atoms with Crippen molar-refractivity contribution in [2.45, 2.75) is 32.6 Å². The summed E-state index contributed by atoms with van der Waals surface area (Å²) in [6.45, 7) is 5.77. The lowest BCUT2D eigenvalue weighted by atomic mass is 9.68. The standard InChI is InChI=1S/C12H21N3/c1-12(2)6-5-9-7-14-15(4)11(9)10(12)8-13-3/h7,10,13H,5-6,8H2,1-4H3. The van der Waals surface area contributed by atoms with Gasteiger partial charge < -0.3 is 5.32 Å². The highest BCUT2D eigenvalue weighted by atomic mass is 15.3. The second kappa shape index (κ2) is 3.63. The first kappa shape index (κ1) is 10.7. The summed E-state index contributed by atoms with van der Waals surface area (Å²) in [4.78, 5) is 0. The summed E-state index contributed by atoms with van der Waals surface area (Å²) in [5.74, 6) is 0.582. The van der Waals surface area contributed by atoms with E-state index in [2.05, 4.69) is 36.0 Å². The van der Waals surface area contributed by atoms with E-state index >= 15 is 0 Å². The van der Waals surface area contributed by atoms with Crippen molar-refractivity contribution in [3.63, 3.8) is 0 Å². The maximum atomic E-state index is 4.39. The van der Waals surface area contributed by atoms with Gasteiger partial charge in [-0.3, -0.25) is 4.68 Å². The van der Waals surface area contributed by atoms with E-state index in [-0.39, 0.29) is 0 Å². The number of fused-ring (bicyclic) bond motifs is 1. The Morgan fingerprint density at radius 3 is 3.00 bits per heavy atom. The monoisotopic (exact) mass is 207 g/mol. The predicted octanol–water partition coefficient (Wildman–Crippen LogP) is 1.70. The van der Waals surface area contributed by atoms with Crippen LogP contribution in [-0.4, -0.2) is 23.4 Å². The molecule has 3 heteroatoms. The first-order valence-electron chi connectivity index (χ1n) is 5.71. The molecule has 0 saturated carbocycles. The Morgan fingerprint density at radius 1 is 1.60 bits per heavy atom. The summed E-state index contributed by atoms with van der Waals surface area (Å²) >= 11 is 0. The smallest absolute Gasteiger partial charge is 0.0524 e. The molecule has 0 aliphatic heterocycles. The molecular weight excluding hydrogens is 186 g/mol. The van der Waals surface area contributed by atoms with E-state index in [4.69, 9.17) is 0 Å². The van der Waals surface area contributed by atoms with Crippen molar-refractivity contribution in [1.29, 1.82) is 0 Å². The summed E-state index contributed by atoms with van der Waals surface area (Å²) in [7, 11) is 4.09. The Hall–Kier alpha value is -0.830. The van der Waals surface area contributed by atoms with Crippen molar-refractivity contribution in [1.82, 2.24) is 15.1 Å². The Balaban J connectivity index is 2.42. The van der Waals surface area contributed by atoms with Gasteiger partial charge in [-0.15, -0.1) is 0 Å². The third-order valence-corrected chi connectivity index (χ3v) is 3.78. The molecule has 0 bridgehead atoms. The summed E-state index contributed by atoms with van der Waals surface area (Å²) < 4.78 is 2.05. The van der Waals surface area contributed by atoms with E-state index in [0.717, 1.165) is 6.54 Å². The molecule has 1 aliphatic carbocycles. The van der Waals surface area contributed by atoms with Gasteiger partial charge in [0.1, 0.15) is 0 Å². The third-order valence-electron chi connectivity index (χ3n) is 3.78. The van der Waals surface area contributed by atoms with Gasteiger partial charge in [-0.25, -0.2) is 0 Å². The number of nitrogens with one attached hydrogen (secondary N) is 1. The highest BCUT2D eigenvalue weighted by Crippen LogP contribution is 2.44. The van der Waals surface area contributed by atoms with Crippen molar-refractivity contribution in [3.8, 4) is 0 Å². The molecule has 0 aromatic carbocycles. The zero-order chi connectivity index (χ0) is 11.1. The Morgan fingerprint density at radius 2 is 2.33 bits per heavy atom. The average Bonchev–Trinajstić information content (AvgIpc) is 2.53. The SMILES string of the molecule is CNCC1c2c(cnn2C)CCC1(C)C. The number of likely N-dealkylation sites (N-methyl/N-ethyl adjacent to an activating group) is 1. The molecule has 1 aromatic rings. The predicted molar refractivity (Wildman–Crippen MR) is 62.0 cm³/mol. The van der Waals surface area contributed by atoms with Crippen LogP contribution in [0.1, 0.15) is 37.4 Å². The molecule has 1 atom stereocenters. The average molecular weight is 207 g/mol. The van der Waals surface area contributed by atoms with Crippen LogP contribution in [0.25, 0.3) is 0 Å². The number of aromatic nitrogens is 2. The van der Waals surface area contributed by atoms with Crippen molar-refractivity contribution in [3.05, 3.63) is 17.5 Å². The van der Waals surface area contributed by atoms with Gasteiger partial charge in [0.15, 0.2) is 0 Å². The molecule has 0 radical (unpaired) electrons. The lowest BCUT2D eigenvalue weighted by Gasteiger charge is -2.38. The van der Waals surface area contributed by atoms with Crippen LogP contribution >= 0.6 is 0 Å². The lowest BCUT2D eigenvalue weighted by Crippen LogP contribution is -2.35. The normalized spacial score (nSPS) is 23.9. The largest absolute Gasteiger partial charge is 0.319 e. The van der Waals surface area contributed by atoms with Crippen LogP contribution in [0.15, 0.2) is 6.20 Å². The fourth-order valence-corrected chi connectivity index (χ4v) is 2.71. The van der Waals surface area contributed by atoms with Gasteiger partial charge in [0.25, 0.3) is 0 Å². The molecule has 15 heavy (non-hydrogen) atoms. The molecule has 1 heterocycles. The van der Waals surface area contributed by atoms with E-state index in [1.165, 1.54) is 24.1 Å². The lowest BCUT2D eigenvalue weighted by molar-refractivity contribution is 0.232. The van der Waals surface area contributed by atoms with Crippen LogP contribution in [0.4, 0.5) is 0 Å². The second-order valence-corrected chi connectivity index (χ2v) is 5.28. The molecule has 0 fully saturated rings. The third kappa shape index (κ3) is 1.69. The molecule has 1 unspecified atom stereocenters. The highest BCUT2D eigenvalue weighted by molar-refractivity contribution is 5.28. The van der Waals surface area contributed by atoms with Crippen molar-refractivity contribution in [2.75, 3.05) is 13.6 Å². The Bertz CT molecular complexity index is 352. The maximum absolute atomic E-state index is 4.39. The quantitative estimate of drug-likeness (QED) is 0.800. The van der Waals surface area contributed by atoms with Crippen LogP contribution in [0, 0.1) is 5.41 Å². The van der Waals surface area contributed by atoms with Gasteiger partial charge in [-0.05, 0) is 30.9 Å². The molecule has 0 amide bonds. The van der Waals surface area contributed by atoms with Gasteiger partial charge in [-0.1, -0.05) is 13.8 Å². The molecule has 1 aromatic heterocycles. The van der Waals surface area contributed by atoms with E-state index in [0.29, 0.717) is 11.3 Å². The first-order chi connectivity index (χ1) is 7.06. The van der Waals surface area contributed by atoms with Crippen LogP contribution < -0.4 is 5.32 Å². The Labute approximate surface area is 91.9 Å². The summed E-state index contributed by atoms with van der Waals surface area (Å²) in [6.07, 6.45) is 4.47.